The lowest BCUT2D eigenvalue weighted by Crippen LogP contribution is -2.19. The summed E-state index contributed by atoms with van der Waals surface area (Å²) in [6.07, 6.45) is 4.12. The van der Waals surface area contributed by atoms with Crippen molar-refractivity contribution in [3.05, 3.63) is 52.3 Å². The largest absolute Gasteiger partial charge is 0.328 e. The molecule has 0 spiro atoms. The van der Waals surface area contributed by atoms with Gasteiger partial charge in [-0.2, -0.15) is 0 Å². The van der Waals surface area contributed by atoms with Crippen molar-refractivity contribution in [1.29, 1.82) is 0 Å². The summed E-state index contributed by atoms with van der Waals surface area (Å²) in [5.74, 6) is 0.481. The van der Waals surface area contributed by atoms with Crippen LogP contribution in [-0.4, -0.2) is 25.4 Å². The predicted molar refractivity (Wildman–Crippen MR) is 83.6 cm³/mol. The number of aldehydes is 1. The number of nitrogens with zero attached hydrogens (tertiary/aromatic N) is 4. The Hall–Kier alpha value is -2.76. The molecule has 0 amide bonds. The Bertz CT molecular complexity index is 922. The van der Waals surface area contributed by atoms with Gasteiger partial charge in [-0.3, -0.25) is 14.2 Å². The molecular formula is C16H16N4O2. The topological polar surface area (TPSA) is 69.8 Å². The van der Waals surface area contributed by atoms with Crippen LogP contribution in [0, 0.1) is 6.92 Å². The highest BCUT2D eigenvalue weighted by atomic mass is 16.1. The Morgan fingerprint density at radius 2 is 2.00 bits per heavy atom. The molecule has 0 fully saturated rings. The molecule has 0 aliphatic carbocycles. The quantitative estimate of drug-likeness (QED) is 0.695. The number of aryl methyl sites for hydroxylation is 1. The van der Waals surface area contributed by atoms with E-state index in [0.717, 1.165) is 11.8 Å². The van der Waals surface area contributed by atoms with Crippen LogP contribution in [0.1, 0.15) is 35.9 Å². The van der Waals surface area contributed by atoms with Crippen LogP contribution in [0.3, 0.4) is 0 Å². The average Bonchev–Trinajstić information content (AvgIpc) is 2.92. The lowest BCUT2D eigenvalue weighted by molar-refractivity contribution is 0.112. The molecule has 0 N–H and O–H groups in total. The van der Waals surface area contributed by atoms with E-state index in [9.17, 15) is 9.59 Å². The van der Waals surface area contributed by atoms with Gasteiger partial charge >= 0.3 is 0 Å². The van der Waals surface area contributed by atoms with E-state index in [1.54, 1.807) is 31.6 Å². The van der Waals surface area contributed by atoms with Crippen molar-refractivity contribution in [3.8, 4) is 5.82 Å². The van der Waals surface area contributed by atoms with Crippen molar-refractivity contribution >= 4 is 17.3 Å². The number of hydrogen-bond donors (Lipinski definition) is 0. The fourth-order valence-electron chi connectivity index (χ4n) is 2.44. The molecule has 0 unspecified atom stereocenters. The maximum absolute atomic E-state index is 12.6. The molecule has 0 aliphatic rings. The molecule has 3 aromatic heterocycles. The third-order valence-corrected chi connectivity index (χ3v) is 3.68. The van der Waals surface area contributed by atoms with Crippen LogP contribution in [0.2, 0.25) is 0 Å². The maximum atomic E-state index is 12.6. The van der Waals surface area contributed by atoms with Crippen LogP contribution in [-0.2, 0) is 0 Å². The molecule has 3 heterocycles. The van der Waals surface area contributed by atoms with Crippen LogP contribution >= 0.6 is 0 Å². The monoisotopic (exact) mass is 296 g/mol. The molecule has 0 aliphatic heterocycles. The molecule has 3 rings (SSSR count). The van der Waals surface area contributed by atoms with Crippen LogP contribution in [0.4, 0.5) is 0 Å². The lowest BCUT2D eigenvalue weighted by Gasteiger charge is -2.09. The summed E-state index contributed by atoms with van der Waals surface area (Å²) in [7, 11) is 0. The number of imidazole rings is 1. The molecule has 112 valence electrons. The average molecular weight is 296 g/mol. The summed E-state index contributed by atoms with van der Waals surface area (Å²) in [6, 6.07) is 5.40. The van der Waals surface area contributed by atoms with Gasteiger partial charge in [0.1, 0.15) is 5.82 Å². The van der Waals surface area contributed by atoms with Crippen LogP contribution in [0.15, 0.2) is 35.5 Å². The molecule has 0 radical (unpaired) electrons. The summed E-state index contributed by atoms with van der Waals surface area (Å²) in [5, 5.41) is 0. The van der Waals surface area contributed by atoms with Crippen molar-refractivity contribution < 1.29 is 4.79 Å². The molecular weight excluding hydrogens is 280 g/mol. The summed E-state index contributed by atoms with van der Waals surface area (Å²) >= 11 is 0. The molecule has 0 atom stereocenters. The van der Waals surface area contributed by atoms with Gasteiger partial charge in [0.15, 0.2) is 11.8 Å². The van der Waals surface area contributed by atoms with Gasteiger partial charge in [0.05, 0.1) is 17.5 Å². The van der Waals surface area contributed by atoms with E-state index in [1.807, 2.05) is 24.5 Å². The van der Waals surface area contributed by atoms with E-state index in [0.29, 0.717) is 22.6 Å². The molecule has 3 aromatic rings. The van der Waals surface area contributed by atoms with Gasteiger partial charge < -0.3 is 4.57 Å². The van der Waals surface area contributed by atoms with Gasteiger partial charge in [-0.1, -0.05) is 0 Å². The SMILES string of the molecule is Cc1nc(-n2ccc3c(ncn3C(C)C)c2=O)ccc1C=O. The number of fused-ring (bicyclic) bond motifs is 1. The van der Waals surface area contributed by atoms with Crippen LogP contribution in [0.5, 0.6) is 0 Å². The molecule has 22 heavy (non-hydrogen) atoms. The van der Waals surface area contributed by atoms with E-state index >= 15 is 0 Å². The summed E-state index contributed by atoms with van der Waals surface area (Å²) < 4.78 is 3.40. The third kappa shape index (κ3) is 2.13. The highest BCUT2D eigenvalue weighted by Gasteiger charge is 2.12. The second-order valence-electron chi connectivity index (χ2n) is 5.43. The summed E-state index contributed by atoms with van der Waals surface area (Å²) in [5.41, 5.74) is 2.10. The molecule has 0 saturated heterocycles. The molecule has 0 aromatic carbocycles. The highest BCUT2D eigenvalue weighted by molar-refractivity contribution is 5.77. The van der Waals surface area contributed by atoms with E-state index in [4.69, 9.17) is 0 Å². The van der Waals surface area contributed by atoms with Gasteiger partial charge in [0.2, 0.25) is 0 Å². The normalized spacial score (nSPS) is 11.3. The molecule has 0 saturated carbocycles. The van der Waals surface area contributed by atoms with Gasteiger partial charge in [0.25, 0.3) is 5.56 Å². The Morgan fingerprint density at radius 1 is 1.23 bits per heavy atom. The first kappa shape index (κ1) is 14.2. The summed E-state index contributed by atoms with van der Waals surface area (Å²) in [4.78, 5) is 32.0. The van der Waals surface area contributed by atoms with E-state index in [-0.39, 0.29) is 11.6 Å². The molecule has 0 bridgehead atoms. The van der Waals surface area contributed by atoms with Crippen molar-refractivity contribution in [2.24, 2.45) is 0 Å². The Balaban J connectivity index is 2.20. The van der Waals surface area contributed by atoms with Gasteiger partial charge in [-0.05, 0) is 39.0 Å². The zero-order chi connectivity index (χ0) is 15.9. The Kier molecular flexibility index (Phi) is 3.36. The predicted octanol–water partition coefficient (Wildman–Crippen LogP) is 2.28. The zero-order valence-corrected chi connectivity index (χ0v) is 12.6. The van der Waals surface area contributed by atoms with Crippen molar-refractivity contribution in [2.45, 2.75) is 26.8 Å². The van der Waals surface area contributed by atoms with Gasteiger partial charge in [-0.25, -0.2) is 9.97 Å². The first-order chi connectivity index (χ1) is 10.5. The smallest absolute Gasteiger partial charge is 0.284 e. The Morgan fingerprint density at radius 3 is 2.64 bits per heavy atom. The minimum atomic E-state index is -0.220. The number of carbonyl (C=O) groups is 1. The number of aromatic nitrogens is 4. The molecule has 6 nitrogen and oxygen atoms in total. The number of rotatable bonds is 3. The van der Waals surface area contributed by atoms with Crippen molar-refractivity contribution in [2.75, 3.05) is 0 Å². The number of pyridine rings is 2. The Labute approximate surface area is 127 Å². The van der Waals surface area contributed by atoms with Gasteiger partial charge in [0, 0.05) is 17.8 Å². The van der Waals surface area contributed by atoms with E-state index < -0.39 is 0 Å². The minimum absolute atomic E-state index is 0.220. The standard InChI is InChI=1S/C16H16N4O2/c1-10(2)20-9-17-15-13(20)6-7-19(16(15)22)14-5-4-12(8-21)11(3)18-14/h4-10H,1-3H3. The fraction of sp³-hybridized carbons (Fsp3) is 0.250. The summed E-state index contributed by atoms with van der Waals surface area (Å²) in [6.45, 7) is 5.82. The second kappa shape index (κ2) is 5.22. The van der Waals surface area contributed by atoms with Gasteiger partial charge in [-0.15, -0.1) is 0 Å². The maximum Gasteiger partial charge on any atom is 0.284 e. The first-order valence-corrected chi connectivity index (χ1v) is 7.04. The van der Waals surface area contributed by atoms with Crippen molar-refractivity contribution in [3.63, 3.8) is 0 Å². The van der Waals surface area contributed by atoms with E-state index in [1.165, 1.54) is 4.57 Å². The lowest BCUT2D eigenvalue weighted by atomic mass is 10.2. The van der Waals surface area contributed by atoms with E-state index in [2.05, 4.69) is 9.97 Å². The highest BCUT2D eigenvalue weighted by Crippen LogP contribution is 2.15. The minimum Gasteiger partial charge on any atom is -0.328 e. The first-order valence-electron chi connectivity index (χ1n) is 7.04. The zero-order valence-electron chi connectivity index (χ0n) is 12.6. The number of carbonyl (C=O) groups excluding carboxylic acids is 1. The fourth-order valence-corrected chi connectivity index (χ4v) is 2.44. The number of hydrogen-bond acceptors (Lipinski definition) is 4. The second-order valence-corrected chi connectivity index (χ2v) is 5.43. The van der Waals surface area contributed by atoms with Crippen LogP contribution in [0.25, 0.3) is 16.9 Å². The van der Waals surface area contributed by atoms with Crippen LogP contribution < -0.4 is 5.56 Å². The third-order valence-electron chi connectivity index (χ3n) is 3.68. The van der Waals surface area contributed by atoms with Crippen molar-refractivity contribution in [1.82, 2.24) is 19.1 Å². The molecule has 6 heteroatoms.